The molecule has 0 saturated carbocycles. The van der Waals surface area contributed by atoms with E-state index in [4.69, 9.17) is 11.6 Å². The molecule has 0 amide bonds. The standard InChI is InChI=1S/C13H13BrClN3/c1-13(2,3)10-6-11(15)18-12(17-10)9-5-4-8(14)7-16-9/h4-7H,1-3H3. The molecule has 0 aliphatic carbocycles. The van der Waals surface area contributed by atoms with Crippen LogP contribution >= 0.6 is 27.5 Å². The van der Waals surface area contributed by atoms with Gasteiger partial charge in [-0.25, -0.2) is 9.97 Å². The molecule has 0 aliphatic heterocycles. The van der Waals surface area contributed by atoms with Crippen LogP contribution in [0.25, 0.3) is 11.5 Å². The molecule has 18 heavy (non-hydrogen) atoms. The van der Waals surface area contributed by atoms with Gasteiger partial charge in [0, 0.05) is 16.1 Å². The average Bonchev–Trinajstić information content (AvgIpc) is 2.28. The SMILES string of the molecule is CC(C)(C)c1cc(Cl)nc(-c2ccc(Br)cn2)n1. The highest BCUT2D eigenvalue weighted by atomic mass is 79.9. The minimum atomic E-state index is -0.0727. The van der Waals surface area contributed by atoms with Crippen LogP contribution in [0.3, 0.4) is 0 Å². The molecule has 2 aromatic rings. The van der Waals surface area contributed by atoms with Gasteiger partial charge < -0.3 is 0 Å². The van der Waals surface area contributed by atoms with Gasteiger partial charge in [0.15, 0.2) is 5.82 Å². The Morgan fingerprint density at radius 1 is 1.17 bits per heavy atom. The molecule has 0 radical (unpaired) electrons. The Kier molecular flexibility index (Phi) is 3.69. The fourth-order valence-corrected chi connectivity index (χ4v) is 1.84. The zero-order chi connectivity index (χ0) is 13.3. The molecular formula is C13H13BrClN3. The number of halogens is 2. The zero-order valence-corrected chi connectivity index (χ0v) is 12.7. The summed E-state index contributed by atoms with van der Waals surface area (Å²) in [6.45, 7) is 6.26. The Hall–Kier alpha value is -1.00. The summed E-state index contributed by atoms with van der Waals surface area (Å²) in [5, 5.41) is 0.439. The topological polar surface area (TPSA) is 38.7 Å². The predicted octanol–water partition coefficient (Wildman–Crippen LogP) is 4.25. The minimum absolute atomic E-state index is 0.0727. The summed E-state index contributed by atoms with van der Waals surface area (Å²) in [7, 11) is 0. The molecule has 0 bridgehead atoms. The largest absolute Gasteiger partial charge is 0.252 e. The third kappa shape index (κ3) is 3.06. The van der Waals surface area contributed by atoms with Crippen molar-refractivity contribution < 1.29 is 0 Å². The van der Waals surface area contributed by atoms with Crippen LogP contribution in [0.2, 0.25) is 5.15 Å². The van der Waals surface area contributed by atoms with Crippen LogP contribution < -0.4 is 0 Å². The average molecular weight is 327 g/mol. The summed E-state index contributed by atoms with van der Waals surface area (Å²) < 4.78 is 0.921. The van der Waals surface area contributed by atoms with Gasteiger partial charge in [0.05, 0.1) is 5.69 Å². The Balaban J connectivity index is 2.52. The second-order valence-corrected chi connectivity index (χ2v) is 6.31. The predicted molar refractivity (Wildman–Crippen MR) is 76.7 cm³/mol. The van der Waals surface area contributed by atoms with E-state index in [0.717, 1.165) is 10.2 Å². The molecule has 5 heteroatoms. The maximum Gasteiger partial charge on any atom is 0.179 e. The van der Waals surface area contributed by atoms with Crippen LogP contribution in [0.1, 0.15) is 26.5 Å². The van der Waals surface area contributed by atoms with Crippen molar-refractivity contribution in [3.8, 4) is 11.5 Å². The second kappa shape index (κ2) is 4.94. The molecule has 2 aromatic heterocycles. The lowest BCUT2D eigenvalue weighted by Crippen LogP contribution is -2.14. The lowest BCUT2D eigenvalue weighted by molar-refractivity contribution is 0.567. The van der Waals surface area contributed by atoms with Crippen molar-refractivity contribution in [3.63, 3.8) is 0 Å². The first kappa shape index (κ1) is 13.4. The quantitative estimate of drug-likeness (QED) is 0.735. The van der Waals surface area contributed by atoms with Gasteiger partial charge in [0.25, 0.3) is 0 Å². The smallest absolute Gasteiger partial charge is 0.179 e. The highest BCUT2D eigenvalue weighted by molar-refractivity contribution is 9.10. The van der Waals surface area contributed by atoms with Gasteiger partial charge in [-0.1, -0.05) is 32.4 Å². The van der Waals surface area contributed by atoms with Crippen molar-refractivity contribution in [1.29, 1.82) is 0 Å². The van der Waals surface area contributed by atoms with Crippen molar-refractivity contribution in [1.82, 2.24) is 15.0 Å². The van der Waals surface area contributed by atoms with Crippen LogP contribution in [0.4, 0.5) is 0 Å². The lowest BCUT2D eigenvalue weighted by Gasteiger charge is -2.18. The first-order valence-corrected chi connectivity index (χ1v) is 6.70. The summed E-state index contributed by atoms with van der Waals surface area (Å²) in [5.41, 5.74) is 1.55. The fourth-order valence-electron chi connectivity index (χ4n) is 1.42. The van der Waals surface area contributed by atoms with Crippen LogP contribution in [0.15, 0.2) is 28.9 Å². The molecule has 0 saturated heterocycles. The van der Waals surface area contributed by atoms with Crippen molar-refractivity contribution >= 4 is 27.5 Å². The van der Waals surface area contributed by atoms with Crippen molar-refractivity contribution in [2.75, 3.05) is 0 Å². The second-order valence-electron chi connectivity index (χ2n) is 5.01. The van der Waals surface area contributed by atoms with Crippen LogP contribution in [-0.4, -0.2) is 15.0 Å². The van der Waals surface area contributed by atoms with Crippen LogP contribution in [0, 0.1) is 0 Å². The normalized spacial score (nSPS) is 11.6. The van der Waals surface area contributed by atoms with E-state index >= 15 is 0 Å². The molecule has 0 unspecified atom stereocenters. The van der Waals surface area contributed by atoms with E-state index in [2.05, 4.69) is 51.7 Å². The molecule has 0 N–H and O–H groups in total. The number of aromatic nitrogens is 3. The summed E-state index contributed by atoms with van der Waals surface area (Å²) in [6.07, 6.45) is 1.72. The Labute approximate surface area is 120 Å². The van der Waals surface area contributed by atoms with Crippen molar-refractivity contribution in [2.24, 2.45) is 0 Å². The fraction of sp³-hybridized carbons (Fsp3) is 0.308. The summed E-state index contributed by atoms with van der Waals surface area (Å²) in [4.78, 5) is 13.0. The highest BCUT2D eigenvalue weighted by Gasteiger charge is 2.18. The third-order valence-electron chi connectivity index (χ3n) is 2.42. The third-order valence-corrected chi connectivity index (χ3v) is 3.08. The molecule has 94 valence electrons. The number of nitrogens with zero attached hydrogens (tertiary/aromatic N) is 3. The van der Waals surface area contributed by atoms with Gasteiger partial charge in [-0.2, -0.15) is 0 Å². The molecule has 3 nitrogen and oxygen atoms in total. The van der Waals surface area contributed by atoms with Gasteiger partial charge in [-0.3, -0.25) is 4.98 Å². The zero-order valence-electron chi connectivity index (χ0n) is 10.4. The maximum atomic E-state index is 6.05. The Bertz CT molecular complexity index is 561. The molecule has 2 heterocycles. The number of pyridine rings is 1. The number of rotatable bonds is 1. The monoisotopic (exact) mass is 325 g/mol. The summed E-state index contributed by atoms with van der Waals surface area (Å²) in [6, 6.07) is 5.56. The maximum absolute atomic E-state index is 6.05. The van der Waals surface area contributed by atoms with Gasteiger partial charge in [0.2, 0.25) is 0 Å². The molecule has 0 aliphatic rings. The van der Waals surface area contributed by atoms with Crippen molar-refractivity contribution in [3.05, 3.63) is 39.7 Å². The van der Waals surface area contributed by atoms with E-state index in [1.54, 1.807) is 12.3 Å². The van der Waals surface area contributed by atoms with Gasteiger partial charge in [-0.15, -0.1) is 0 Å². The summed E-state index contributed by atoms with van der Waals surface area (Å²) >= 11 is 9.40. The lowest BCUT2D eigenvalue weighted by atomic mass is 9.92. The summed E-state index contributed by atoms with van der Waals surface area (Å²) in [5.74, 6) is 0.555. The van der Waals surface area contributed by atoms with E-state index in [1.807, 2.05) is 12.1 Å². The van der Waals surface area contributed by atoms with Crippen molar-refractivity contribution in [2.45, 2.75) is 26.2 Å². The Morgan fingerprint density at radius 2 is 1.89 bits per heavy atom. The van der Waals surface area contributed by atoms with Crippen LogP contribution in [0.5, 0.6) is 0 Å². The molecule has 0 aromatic carbocycles. The van der Waals surface area contributed by atoms with E-state index in [0.29, 0.717) is 16.7 Å². The van der Waals surface area contributed by atoms with E-state index in [1.165, 1.54) is 0 Å². The van der Waals surface area contributed by atoms with Crippen LogP contribution in [-0.2, 0) is 5.41 Å². The molecule has 0 fully saturated rings. The van der Waals surface area contributed by atoms with E-state index in [9.17, 15) is 0 Å². The molecule has 0 spiro atoms. The molecule has 0 atom stereocenters. The number of hydrogen-bond donors (Lipinski definition) is 0. The highest BCUT2D eigenvalue weighted by Crippen LogP contribution is 2.25. The van der Waals surface area contributed by atoms with Gasteiger partial charge in [0.1, 0.15) is 10.8 Å². The van der Waals surface area contributed by atoms with Gasteiger partial charge in [-0.05, 0) is 34.1 Å². The first-order valence-electron chi connectivity index (χ1n) is 5.53. The Morgan fingerprint density at radius 3 is 2.44 bits per heavy atom. The molecule has 2 rings (SSSR count). The minimum Gasteiger partial charge on any atom is -0.252 e. The van der Waals surface area contributed by atoms with E-state index in [-0.39, 0.29) is 5.41 Å². The van der Waals surface area contributed by atoms with Gasteiger partial charge >= 0.3 is 0 Å². The first-order chi connectivity index (χ1) is 8.36. The number of hydrogen-bond acceptors (Lipinski definition) is 3. The van der Waals surface area contributed by atoms with E-state index < -0.39 is 0 Å². The molecular weight excluding hydrogens is 314 g/mol.